The second-order valence-corrected chi connectivity index (χ2v) is 17.5. The minimum absolute atomic E-state index is 0.235. The van der Waals surface area contributed by atoms with Gasteiger partial charge in [0, 0.05) is 6.42 Å². The summed E-state index contributed by atoms with van der Waals surface area (Å²) in [5, 5.41) is 75.7. The van der Waals surface area contributed by atoms with Crippen LogP contribution in [0.1, 0.15) is 206 Å². The number of carbonyl (C=O) groups is 2. The molecule has 9 atom stereocenters. The highest BCUT2D eigenvalue weighted by molar-refractivity contribution is 5.89. The van der Waals surface area contributed by atoms with Crippen LogP contribution < -0.4 is 5.32 Å². The van der Waals surface area contributed by atoms with Crippen molar-refractivity contribution in [1.29, 1.82) is 0 Å². The molecule has 0 spiro atoms. The van der Waals surface area contributed by atoms with Gasteiger partial charge in [-0.2, -0.15) is 0 Å². The number of hydrogen-bond donors (Lipinski definition) is 8. The maximum atomic E-state index is 13.1. The summed E-state index contributed by atoms with van der Waals surface area (Å²) < 4.78 is 11.1. The fourth-order valence-corrected chi connectivity index (χ4v) is 7.76. The molecule has 1 saturated heterocycles. The Labute approximate surface area is 370 Å². The third-order valence-corrected chi connectivity index (χ3v) is 11.9. The predicted molar refractivity (Wildman–Crippen MR) is 243 cm³/mol. The quantitative estimate of drug-likeness (QED) is 0.0169. The number of ether oxygens (including phenoxy) is 2. The lowest BCUT2D eigenvalue weighted by molar-refractivity contribution is -0.303. The van der Waals surface area contributed by atoms with Crippen LogP contribution in [0, 0.1) is 0 Å². The standard InChI is InChI=1S/C49H91NO11/c1-3-5-7-9-10-11-12-13-14-18-21-24-27-31-35-41(53)44(55)40(38-60-49-47(58)46(57)45(56)43(37-51)61-49)50-48(59)42(54)36-32-28-25-22-19-16-15-17-20-23-26-30-34-39(52)33-29-8-6-4-2/h11-12,30,34,40-47,49,51,53-58H,3-10,13-29,31-33,35-38H2,1-2H3,(H,50,59)/b12-11-,34-30+/t40-,41+,42+,43+,44-,45+,46-,47+,49+/m0/s1. The van der Waals surface area contributed by atoms with Crippen molar-refractivity contribution in [3.8, 4) is 0 Å². The van der Waals surface area contributed by atoms with E-state index in [2.05, 4.69) is 31.3 Å². The van der Waals surface area contributed by atoms with Crippen molar-refractivity contribution in [1.82, 2.24) is 5.32 Å². The topological polar surface area (TPSA) is 206 Å². The van der Waals surface area contributed by atoms with E-state index < -0.39 is 74.2 Å². The van der Waals surface area contributed by atoms with Gasteiger partial charge in [-0.15, -0.1) is 0 Å². The van der Waals surface area contributed by atoms with Gasteiger partial charge >= 0.3 is 0 Å². The van der Waals surface area contributed by atoms with E-state index in [0.717, 1.165) is 96.3 Å². The van der Waals surface area contributed by atoms with Crippen LogP contribution >= 0.6 is 0 Å². The van der Waals surface area contributed by atoms with E-state index in [-0.39, 0.29) is 18.6 Å². The Bertz CT molecular complexity index is 1100. The van der Waals surface area contributed by atoms with Gasteiger partial charge in [0.15, 0.2) is 12.1 Å². The van der Waals surface area contributed by atoms with E-state index >= 15 is 0 Å². The first-order valence-corrected chi connectivity index (χ1v) is 24.7. The van der Waals surface area contributed by atoms with Gasteiger partial charge < -0.3 is 50.5 Å². The molecule has 0 bridgehead atoms. The fraction of sp³-hybridized carbons (Fsp3) is 0.878. The van der Waals surface area contributed by atoms with E-state index in [0.29, 0.717) is 19.3 Å². The Morgan fingerprint density at radius 2 is 1.08 bits per heavy atom. The molecule has 358 valence electrons. The van der Waals surface area contributed by atoms with Crippen LogP contribution in [0.5, 0.6) is 0 Å². The molecule has 0 aromatic rings. The second-order valence-electron chi connectivity index (χ2n) is 17.5. The second kappa shape index (κ2) is 38.7. The molecular formula is C49H91NO11. The van der Waals surface area contributed by atoms with Gasteiger partial charge in [-0.25, -0.2) is 0 Å². The molecule has 0 radical (unpaired) electrons. The Kier molecular flexibility index (Phi) is 36.3. The molecule has 61 heavy (non-hydrogen) atoms. The molecule has 0 aromatic heterocycles. The zero-order valence-electron chi connectivity index (χ0n) is 38.4. The summed E-state index contributed by atoms with van der Waals surface area (Å²) in [6, 6.07) is -1.19. The lowest BCUT2D eigenvalue weighted by atomic mass is 9.98. The van der Waals surface area contributed by atoms with Crippen molar-refractivity contribution in [2.75, 3.05) is 13.2 Å². The highest BCUT2D eigenvalue weighted by Gasteiger charge is 2.44. The molecular weight excluding hydrogens is 779 g/mol. The fourth-order valence-electron chi connectivity index (χ4n) is 7.76. The summed E-state index contributed by atoms with van der Waals surface area (Å²) >= 11 is 0. The molecule has 0 aromatic carbocycles. The molecule has 1 aliphatic heterocycles. The Balaban J connectivity index is 2.42. The van der Waals surface area contributed by atoms with Crippen LogP contribution in [0.4, 0.5) is 0 Å². The first-order chi connectivity index (χ1) is 29.6. The van der Waals surface area contributed by atoms with Crippen molar-refractivity contribution in [3.63, 3.8) is 0 Å². The molecule has 1 aliphatic rings. The monoisotopic (exact) mass is 870 g/mol. The van der Waals surface area contributed by atoms with Crippen molar-refractivity contribution in [3.05, 3.63) is 24.3 Å². The summed E-state index contributed by atoms with van der Waals surface area (Å²) in [5.41, 5.74) is 0. The molecule has 8 N–H and O–H groups in total. The van der Waals surface area contributed by atoms with Gasteiger partial charge in [0.25, 0.3) is 0 Å². The summed E-state index contributed by atoms with van der Waals surface area (Å²) in [4.78, 5) is 25.0. The number of hydrogen-bond acceptors (Lipinski definition) is 11. The number of aliphatic hydroxyl groups excluding tert-OH is 7. The molecule has 12 nitrogen and oxygen atoms in total. The highest BCUT2D eigenvalue weighted by atomic mass is 16.7. The summed E-state index contributed by atoms with van der Waals surface area (Å²) in [5.74, 6) is -0.472. The number of nitrogens with one attached hydrogen (secondary N) is 1. The third kappa shape index (κ3) is 28.6. The van der Waals surface area contributed by atoms with Crippen LogP contribution in [0.15, 0.2) is 24.3 Å². The zero-order chi connectivity index (χ0) is 44.9. The van der Waals surface area contributed by atoms with Crippen LogP contribution in [0.2, 0.25) is 0 Å². The lowest BCUT2D eigenvalue weighted by Gasteiger charge is -2.40. The van der Waals surface area contributed by atoms with Gasteiger partial charge in [0.1, 0.15) is 36.6 Å². The highest BCUT2D eigenvalue weighted by Crippen LogP contribution is 2.23. The molecule has 1 rings (SSSR count). The summed E-state index contributed by atoms with van der Waals surface area (Å²) in [6.07, 6.45) is 27.4. The number of carbonyl (C=O) groups excluding carboxylic acids is 2. The molecule has 0 unspecified atom stereocenters. The van der Waals surface area contributed by atoms with E-state index in [1.54, 1.807) is 6.08 Å². The van der Waals surface area contributed by atoms with E-state index in [4.69, 9.17) is 9.47 Å². The van der Waals surface area contributed by atoms with Gasteiger partial charge in [-0.05, 0) is 63.9 Å². The van der Waals surface area contributed by atoms with Crippen molar-refractivity contribution >= 4 is 11.7 Å². The van der Waals surface area contributed by atoms with Crippen molar-refractivity contribution in [2.24, 2.45) is 0 Å². The molecule has 0 saturated carbocycles. The molecule has 1 heterocycles. The minimum atomic E-state index is -1.67. The number of rotatable bonds is 41. The zero-order valence-corrected chi connectivity index (χ0v) is 38.4. The first kappa shape index (κ1) is 57.3. The summed E-state index contributed by atoms with van der Waals surface area (Å²) in [6.45, 7) is 3.31. The molecule has 1 amide bonds. The number of aliphatic hydroxyl groups is 7. The summed E-state index contributed by atoms with van der Waals surface area (Å²) in [7, 11) is 0. The van der Waals surface area contributed by atoms with Crippen LogP contribution in [0.25, 0.3) is 0 Å². The number of unbranched alkanes of at least 4 members (excludes halogenated alkanes) is 23. The Morgan fingerprint density at radius 3 is 1.62 bits per heavy atom. The number of allylic oxidation sites excluding steroid dienone is 4. The van der Waals surface area contributed by atoms with E-state index in [1.165, 1.54) is 64.2 Å². The Hall–Kier alpha value is -1.74. The van der Waals surface area contributed by atoms with Gasteiger partial charge in [-0.1, -0.05) is 160 Å². The van der Waals surface area contributed by atoms with E-state index in [1.807, 2.05) is 6.08 Å². The van der Waals surface area contributed by atoms with Crippen LogP contribution in [-0.4, -0.2) is 116 Å². The van der Waals surface area contributed by atoms with Crippen LogP contribution in [-0.2, 0) is 19.1 Å². The van der Waals surface area contributed by atoms with Crippen molar-refractivity contribution < 1.29 is 54.8 Å². The van der Waals surface area contributed by atoms with Gasteiger partial charge in [0.05, 0.1) is 25.4 Å². The molecule has 0 aliphatic carbocycles. The van der Waals surface area contributed by atoms with Gasteiger partial charge in [-0.3, -0.25) is 9.59 Å². The van der Waals surface area contributed by atoms with Gasteiger partial charge in [0.2, 0.25) is 5.91 Å². The normalized spacial score (nSPS) is 21.6. The third-order valence-electron chi connectivity index (χ3n) is 11.9. The number of amides is 1. The van der Waals surface area contributed by atoms with Crippen molar-refractivity contribution in [2.45, 2.75) is 262 Å². The molecule has 12 heteroatoms. The average Bonchev–Trinajstić information content (AvgIpc) is 3.25. The van der Waals surface area contributed by atoms with E-state index in [9.17, 15) is 45.3 Å². The minimum Gasteiger partial charge on any atom is -0.394 e. The van der Waals surface area contributed by atoms with Crippen LogP contribution in [0.3, 0.4) is 0 Å². The maximum absolute atomic E-state index is 13.1. The maximum Gasteiger partial charge on any atom is 0.249 e. The number of ketones is 1. The lowest BCUT2D eigenvalue weighted by Crippen LogP contribution is -2.60. The smallest absolute Gasteiger partial charge is 0.249 e. The average molecular weight is 870 g/mol. The SMILES string of the molecule is CCCCCC/C=C\CCCCCCCC[C@@H](O)[C@@H](O)[C@H](CO[C@@H]1O[C@H](CO)[C@@H](O)[C@H](O)[C@H]1O)NC(=O)[C@H](O)CCCCCCCCCCCC/C=C/C(=O)CCCCCC. The Morgan fingerprint density at radius 1 is 0.607 bits per heavy atom. The first-order valence-electron chi connectivity index (χ1n) is 24.7. The largest absolute Gasteiger partial charge is 0.394 e. The predicted octanol–water partition coefficient (Wildman–Crippen LogP) is 7.79. The molecule has 1 fully saturated rings.